The highest BCUT2D eigenvalue weighted by Crippen LogP contribution is 2.23. The van der Waals surface area contributed by atoms with Crippen LogP contribution in [0.25, 0.3) is 10.9 Å². The van der Waals surface area contributed by atoms with Gasteiger partial charge in [-0.05, 0) is 24.3 Å². The largest absolute Gasteiger partial charge is 0.296 e. The topological polar surface area (TPSA) is 53.5 Å². The van der Waals surface area contributed by atoms with Crippen LogP contribution < -0.4 is 0 Å². The van der Waals surface area contributed by atoms with E-state index in [0.717, 1.165) is 16.5 Å². The highest BCUT2D eigenvalue weighted by atomic mass is 35.5. The van der Waals surface area contributed by atoms with Gasteiger partial charge in [-0.2, -0.15) is 4.31 Å². The molecule has 1 saturated heterocycles. The number of pyridine rings is 1. The zero-order chi connectivity index (χ0) is 18.9. The number of aromatic nitrogens is 1. The van der Waals surface area contributed by atoms with Crippen LogP contribution in [0.2, 0.25) is 5.15 Å². The van der Waals surface area contributed by atoms with Crippen molar-refractivity contribution >= 4 is 32.5 Å². The van der Waals surface area contributed by atoms with E-state index < -0.39 is 10.0 Å². The molecule has 1 fully saturated rings. The van der Waals surface area contributed by atoms with Gasteiger partial charge < -0.3 is 0 Å². The lowest BCUT2D eigenvalue weighted by Gasteiger charge is -2.34. The van der Waals surface area contributed by atoms with Crippen molar-refractivity contribution in [1.29, 1.82) is 0 Å². The van der Waals surface area contributed by atoms with Crippen molar-refractivity contribution in [3.63, 3.8) is 0 Å². The number of halogens is 1. The van der Waals surface area contributed by atoms with Crippen molar-refractivity contribution in [3.8, 4) is 0 Å². The molecule has 4 rings (SSSR count). The summed E-state index contributed by atoms with van der Waals surface area (Å²) in [6.07, 6.45) is 0. The van der Waals surface area contributed by atoms with E-state index in [9.17, 15) is 8.42 Å². The summed E-state index contributed by atoms with van der Waals surface area (Å²) < 4.78 is 27.0. The first-order valence-electron chi connectivity index (χ1n) is 8.86. The van der Waals surface area contributed by atoms with Crippen LogP contribution in [0, 0.1) is 0 Å². The maximum absolute atomic E-state index is 12.7. The molecule has 0 N–H and O–H groups in total. The van der Waals surface area contributed by atoms with Crippen molar-refractivity contribution in [1.82, 2.24) is 14.2 Å². The van der Waals surface area contributed by atoms with Gasteiger partial charge in [0, 0.05) is 43.7 Å². The summed E-state index contributed by atoms with van der Waals surface area (Å²) >= 11 is 6.36. The van der Waals surface area contributed by atoms with Gasteiger partial charge in [-0.15, -0.1) is 0 Å². The fourth-order valence-electron chi connectivity index (χ4n) is 3.36. The van der Waals surface area contributed by atoms with Gasteiger partial charge in [0.15, 0.2) is 0 Å². The molecule has 1 aromatic heterocycles. The van der Waals surface area contributed by atoms with Crippen molar-refractivity contribution in [3.05, 3.63) is 71.4 Å². The molecule has 27 heavy (non-hydrogen) atoms. The van der Waals surface area contributed by atoms with Gasteiger partial charge in [0.2, 0.25) is 10.0 Å². The van der Waals surface area contributed by atoms with Gasteiger partial charge >= 0.3 is 0 Å². The summed E-state index contributed by atoms with van der Waals surface area (Å²) in [6.45, 7) is 2.92. The molecular formula is C20H20ClN3O2S. The highest BCUT2D eigenvalue weighted by Gasteiger charge is 2.28. The average molecular weight is 402 g/mol. The number of rotatable bonds is 4. The van der Waals surface area contributed by atoms with Crippen LogP contribution in [0.15, 0.2) is 65.6 Å². The second kappa shape index (κ2) is 7.56. The predicted octanol–water partition coefficient (Wildman–Crippen LogP) is 3.39. The molecule has 1 aliphatic heterocycles. The molecule has 0 spiro atoms. The van der Waals surface area contributed by atoms with Crippen molar-refractivity contribution in [2.75, 3.05) is 26.2 Å². The minimum atomic E-state index is -3.43. The number of nitrogens with zero attached hydrogens (tertiary/aromatic N) is 3. The summed E-state index contributed by atoms with van der Waals surface area (Å²) in [5.41, 5.74) is 1.85. The van der Waals surface area contributed by atoms with E-state index in [2.05, 4.69) is 16.0 Å². The summed E-state index contributed by atoms with van der Waals surface area (Å²) in [5.74, 6) is 0. The Morgan fingerprint density at radius 2 is 1.59 bits per heavy atom. The van der Waals surface area contributed by atoms with E-state index >= 15 is 0 Å². The maximum atomic E-state index is 12.7. The number of piperazine rings is 1. The molecule has 0 radical (unpaired) electrons. The van der Waals surface area contributed by atoms with E-state index in [4.69, 9.17) is 11.6 Å². The van der Waals surface area contributed by atoms with Gasteiger partial charge in [0.25, 0.3) is 0 Å². The quantitative estimate of drug-likeness (QED) is 0.629. The van der Waals surface area contributed by atoms with Gasteiger partial charge in [-0.25, -0.2) is 13.4 Å². The van der Waals surface area contributed by atoms with E-state index in [1.165, 1.54) is 0 Å². The molecule has 1 aliphatic rings. The van der Waals surface area contributed by atoms with Gasteiger partial charge in [-0.3, -0.25) is 4.90 Å². The monoisotopic (exact) mass is 401 g/mol. The minimum Gasteiger partial charge on any atom is -0.296 e. The summed E-state index contributed by atoms with van der Waals surface area (Å²) in [6, 6.07) is 18.5. The van der Waals surface area contributed by atoms with Crippen LogP contribution >= 0.6 is 11.6 Å². The highest BCUT2D eigenvalue weighted by molar-refractivity contribution is 7.89. The molecule has 0 saturated carbocycles. The van der Waals surface area contributed by atoms with Crippen molar-refractivity contribution in [2.45, 2.75) is 11.4 Å². The summed E-state index contributed by atoms with van der Waals surface area (Å²) in [7, 11) is -3.43. The van der Waals surface area contributed by atoms with Crippen molar-refractivity contribution < 1.29 is 8.42 Å². The number of benzene rings is 2. The lowest BCUT2D eigenvalue weighted by atomic mass is 10.1. The Balaban J connectivity index is 1.45. The Morgan fingerprint density at radius 3 is 2.33 bits per heavy atom. The zero-order valence-corrected chi connectivity index (χ0v) is 16.3. The third kappa shape index (κ3) is 3.84. The molecule has 0 amide bonds. The van der Waals surface area contributed by atoms with Crippen LogP contribution in [-0.4, -0.2) is 48.8 Å². The normalized spacial score (nSPS) is 16.6. The van der Waals surface area contributed by atoms with E-state index in [-0.39, 0.29) is 0 Å². The van der Waals surface area contributed by atoms with Gasteiger partial charge in [0.1, 0.15) is 5.15 Å². The molecule has 0 aliphatic carbocycles. The molecular weight excluding hydrogens is 382 g/mol. The molecule has 2 heterocycles. The Bertz CT molecular complexity index is 1050. The second-order valence-electron chi connectivity index (χ2n) is 6.62. The predicted molar refractivity (Wildman–Crippen MR) is 107 cm³/mol. The Morgan fingerprint density at radius 1 is 0.926 bits per heavy atom. The molecule has 3 aromatic rings. The molecule has 5 nitrogen and oxygen atoms in total. The van der Waals surface area contributed by atoms with Crippen LogP contribution in [-0.2, 0) is 16.6 Å². The standard InChI is InChI=1S/C20H20ClN3O2S/c21-20-17(14-16-6-4-5-9-19(16)22-20)15-23-10-12-24(13-11-23)27(25,26)18-7-2-1-3-8-18/h1-9,14H,10-13,15H2. The van der Waals surface area contributed by atoms with Crippen LogP contribution in [0.5, 0.6) is 0 Å². The van der Waals surface area contributed by atoms with Crippen LogP contribution in [0.4, 0.5) is 0 Å². The lowest BCUT2D eigenvalue weighted by Crippen LogP contribution is -2.48. The Labute approximate surface area is 164 Å². The Kier molecular flexibility index (Phi) is 5.14. The molecule has 2 aromatic carbocycles. The number of hydrogen-bond acceptors (Lipinski definition) is 4. The molecule has 140 valence electrons. The number of hydrogen-bond donors (Lipinski definition) is 0. The number of para-hydroxylation sites is 1. The van der Waals surface area contributed by atoms with Gasteiger partial charge in [-0.1, -0.05) is 48.0 Å². The zero-order valence-electron chi connectivity index (χ0n) is 14.8. The van der Waals surface area contributed by atoms with Crippen LogP contribution in [0.1, 0.15) is 5.56 Å². The smallest absolute Gasteiger partial charge is 0.243 e. The summed E-state index contributed by atoms with van der Waals surface area (Å²) in [5, 5.41) is 1.57. The molecule has 0 bridgehead atoms. The van der Waals surface area contributed by atoms with E-state index in [1.807, 2.05) is 30.3 Å². The van der Waals surface area contributed by atoms with E-state index in [1.54, 1.807) is 28.6 Å². The molecule has 0 unspecified atom stereocenters. The lowest BCUT2D eigenvalue weighted by molar-refractivity contribution is 0.181. The fourth-order valence-corrected chi connectivity index (χ4v) is 5.01. The third-order valence-electron chi connectivity index (χ3n) is 4.86. The second-order valence-corrected chi connectivity index (χ2v) is 8.92. The third-order valence-corrected chi connectivity index (χ3v) is 7.10. The number of fused-ring (bicyclic) bond motifs is 1. The first-order valence-corrected chi connectivity index (χ1v) is 10.7. The molecule has 7 heteroatoms. The maximum Gasteiger partial charge on any atom is 0.243 e. The first kappa shape index (κ1) is 18.4. The summed E-state index contributed by atoms with van der Waals surface area (Å²) in [4.78, 5) is 7.03. The number of sulfonamides is 1. The van der Waals surface area contributed by atoms with Crippen LogP contribution in [0.3, 0.4) is 0 Å². The van der Waals surface area contributed by atoms with E-state index in [0.29, 0.717) is 42.8 Å². The van der Waals surface area contributed by atoms with Crippen molar-refractivity contribution in [2.24, 2.45) is 0 Å². The SMILES string of the molecule is O=S(=O)(c1ccccc1)N1CCN(Cc2cc3ccccc3nc2Cl)CC1. The van der Waals surface area contributed by atoms with Gasteiger partial charge in [0.05, 0.1) is 10.4 Å². The molecule has 0 atom stereocenters. The first-order chi connectivity index (χ1) is 13.0. The Hall–Kier alpha value is -1.99. The fraction of sp³-hybridized carbons (Fsp3) is 0.250. The average Bonchev–Trinajstić information content (AvgIpc) is 2.70. The minimum absolute atomic E-state index is 0.347.